The number of nitrogens with one attached hydrogen (secondary N) is 1. The normalized spacial score (nSPS) is 10.9. The Kier molecular flexibility index (Phi) is 4.45. The molecule has 0 atom stereocenters. The number of carbonyl (C=O) groups excluding carboxylic acids is 1. The monoisotopic (exact) mass is 395 g/mol. The minimum atomic E-state index is -0.533. The lowest BCUT2D eigenvalue weighted by molar-refractivity contribution is -0.380. The molecular weight excluding hydrogens is 382 g/mol. The molecule has 0 spiro atoms. The maximum Gasteiger partial charge on any atom is 0.350 e. The third-order valence-electron chi connectivity index (χ3n) is 4.00. The Morgan fingerprint density at radius 1 is 1.18 bits per heavy atom. The molecule has 1 aromatic carbocycles. The lowest BCUT2D eigenvalue weighted by atomic mass is 10.2. The van der Waals surface area contributed by atoms with Gasteiger partial charge >= 0.3 is 10.7 Å². The lowest BCUT2D eigenvalue weighted by Gasteiger charge is -2.06. The summed E-state index contributed by atoms with van der Waals surface area (Å²) in [5.74, 6) is -0.430. The molecule has 4 aromatic rings. The maximum atomic E-state index is 12.4. The van der Waals surface area contributed by atoms with Crippen LogP contribution in [0.3, 0.4) is 0 Å². The molecule has 0 radical (unpaired) electrons. The second-order valence-corrected chi connectivity index (χ2v) is 6.98. The molecule has 0 aliphatic carbocycles. The van der Waals surface area contributed by atoms with Gasteiger partial charge in [-0.05, 0) is 35.9 Å². The van der Waals surface area contributed by atoms with E-state index in [9.17, 15) is 19.7 Å². The van der Waals surface area contributed by atoms with Gasteiger partial charge in [0.1, 0.15) is 0 Å². The van der Waals surface area contributed by atoms with Gasteiger partial charge in [0.15, 0.2) is 5.65 Å². The molecule has 0 bridgehead atoms. The predicted octanol–water partition coefficient (Wildman–Crippen LogP) is 2.77. The first-order chi connectivity index (χ1) is 13.5. The first kappa shape index (κ1) is 17.6. The minimum Gasteiger partial charge on any atom is -0.321 e. The van der Waals surface area contributed by atoms with E-state index in [1.54, 1.807) is 42.6 Å². The highest BCUT2D eigenvalue weighted by molar-refractivity contribution is 7.17. The van der Waals surface area contributed by atoms with E-state index in [1.807, 2.05) is 6.07 Å². The second kappa shape index (κ2) is 7.08. The summed E-state index contributed by atoms with van der Waals surface area (Å²) in [6.07, 6.45) is 1.65. The smallest absolute Gasteiger partial charge is 0.321 e. The van der Waals surface area contributed by atoms with Crippen LogP contribution in [0.5, 0.6) is 0 Å². The Labute approximate surface area is 161 Å². The molecule has 1 amide bonds. The molecule has 9 nitrogen and oxygen atoms in total. The number of fused-ring (bicyclic) bond motifs is 1. The van der Waals surface area contributed by atoms with Crippen LogP contribution in [-0.2, 0) is 6.54 Å². The van der Waals surface area contributed by atoms with Crippen LogP contribution < -0.4 is 11.0 Å². The largest absolute Gasteiger partial charge is 0.350 e. The number of aromatic nitrogens is 3. The minimum absolute atomic E-state index is 0.0925. The Morgan fingerprint density at radius 3 is 2.79 bits per heavy atom. The van der Waals surface area contributed by atoms with Crippen molar-refractivity contribution in [3.8, 4) is 0 Å². The molecule has 0 aliphatic heterocycles. The third kappa shape index (κ3) is 3.40. The fourth-order valence-corrected chi connectivity index (χ4v) is 3.45. The summed E-state index contributed by atoms with van der Waals surface area (Å²) in [4.78, 5) is 35.1. The van der Waals surface area contributed by atoms with Gasteiger partial charge in [-0.2, -0.15) is 0 Å². The van der Waals surface area contributed by atoms with Gasteiger partial charge in [-0.25, -0.2) is 9.48 Å². The van der Waals surface area contributed by atoms with Crippen LogP contribution in [0.4, 0.5) is 10.7 Å². The molecule has 0 saturated carbocycles. The quantitative estimate of drug-likeness (QED) is 0.412. The molecule has 10 heteroatoms. The summed E-state index contributed by atoms with van der Waals surface area (Å²) in [6.45, 7) is 0.245. The highest BCUT2D eigenvalue weighted by Gasteiger charge is 2.15. The highest BCUT2D eigenvalue weighted by Crippen LogP contribution is 2.24. The van der Waals surface area contributed by atoms with Gasteiger partial charge in [-0.15, -0.1) is 5.10 Å². The Balaban J connectivity index is 1.54. The number of nitro groups is 1. The number of thiophene rings is 1. The molecular formula is C18H13N5O4S. The summed E-state index contributed by atoms with van der Waals surface area (Å²) in [7, 11) is 0. The van der Waals surface area contributed by atoms with Crippen molar-refractivity contribution in [2.45, 2.75) is 6.54 Å². The standard InChI is InChI=1S/C18H13N5O4S/c24-17(14-7-8-16(28-14)23(26)27)19-13-5-3-4-12(10-13)11-22-18(25)21-9-2-1-6-15(21)20-22/h1-10H,11H2,(H,19,24). The van der Waals surface area contributed by atoms with E-state index in [1.165, 1.54) is 21.2 Å². The SMILES string of the molecule is O=C(Nc1cccc(Cn2nc3ccccn3c2=O)c1)c1ccc([N+](=O)[O-])s1. The second-order valence-electron chi connectivity index (χ2n) is 5.92. The summed E-state index contributed by atoms with van der Waals surface area (Å²) in [6, 6.07) is 15.0. The van der Waals surface area contributed by atoms with Crippen LogP contribution in [0, 0.1) is 10.1 Å². The van der Waals surface area contributed by atoms with Crippen molar-refractivity contribution in [2.75, 3.05) is 5.32 Å². The molecule has 4 rings (SSSR count). The van der Waals surface area contributed by atoms with Gasteiger partial charge in [-0.3, -0.25) is 19.3 Å². The first-order valence-electron chi connectivity index (χ1n) is 8.20. The van der Waals surface area contributed by atoms with Crippen LogP contribution in [-0.4, -0.2) is 25.0 Å². The number of anilines is 1. The predicted molar refractivity (Wildman–Crippen MR) is 104 cm³/mol. The van der Waals surface area contributed by atoms with Crippen LogP contribution in [0.2, 0.25) is 0 Å². The summed E-state index contributed by atoms with van der Waals surface area (Å²) in [5.41, 5.74) is 1.60. The summed E-state index contributed by atoms with van der Waals surface area (Å²) >= 11 is 0.810. The van der Waals surface area contributed by atoms with E-state index in [4.69, 9.17) is 0 Å². The number of hydrogen-bond acceptors (Lipinski definition) is 6. The van der Waals surface area contributed by atoms with E-state index >= 15 is 0 Å². The van der Waals surface area contributed by atoms with E-state index in [0.717, 1.165) is 16.9 Å². The van der Waals surface area contributed by atoms with Crippen molar-refractivity contribution in [3.63, 3.8) is 0 Å². The fourth-order valence-electron chi connectivity index (χ4n) is 2.73. The number of amides is 1. The Hall–Kier alpha value is -3.79. The van der Waals surface area contributed by atoms with Crippen LogP contribution in [0.15, 0.2) is 65.6 Å². The zero-order valence-electron chi connectivity index (χ0n) is 14.3. The Morgan fingerprint density at radius 2 is 2.04 bits per heavy atom. The molecule has 1 N–H and O–H groups in total. The van der Waals surface area contributed by atoms with Crippen molar-refractivity contribution >= 4 is 33.6 Å². The molecule has 140 valence electrons. The van der Waals surface area contributed by atoms with E-state index in [2.05, 4.69) is 10.4 Å². The molecule has 0 saturated heterocycles. The highest BCUT2D eigenvalue weighted by atomic mass is 32.1. The topological polar surface area (TPSA) is 112 Å². The van der Waals surface area contributed by atoms with Gasteiger partial charge in [0.2, 0.25) is 0 Å². The van der Waals surface area contributed by atoms with Gasteiger partial charge in [0.25, 0.3) is 5.91 Å². The fraction of sp³-hybridized carbons (Fsp3) is 0.0556. The number of hydrogen-bond donors (Lipinski definition) is 1. The maximum absolute atomic E-state index is 12.4. The van der Waals surface area contributed by atoms with Gasteiger partial charge in [0, 0.05) is 18.0 Å². The number of carbonyl (C=O) groups is 1. The number of nitrogens with zero attached hydrogens (tertiary/aromatic N) is 4. The van der Waals surface area contributed by atoms with Crippen LogP contribution >= 0.6 is 11.3 Å². The van der Waals surface area contributed by atoms with Crippen molar-refractivity contribution in [1.82, 2.24) is 14.2 Å². The average Bonchev–Trinajstić information content (AvgIpc) is 3.29. The molecule has 0 fully saturated rings. The van der Waals surface area contributed by atoms with E-state index < -0.39 is 10.8 Å². The van der Waals surface area contributed by atoms with Gasteiger partial charge < -0.3 is 5.32 Å². The van der Waals surface area contributed by atoms with Crippen LogP contribution in [0.1, 0.15) is 15.2 Å². The molecule has 0 unspecified atom stereocenters. The lowest BCUT2D eigenvalue weighted by Crippen LogP contribution is -2.21. The summed E-state index contributed by atoms with van der Waals surface area (Å²) in [5, 5.41) is 17.7. The zero-order valence-corrected chi connectivity index (χ0v) is 15.1. The number of pyridine rings is 1. The van der Waals surface area contributed by atoms with Crippen molar-refractivity contribution < 1.29 is 9.72 Å². The van der Waals surface area contributed by atoms with Crippen molar-refractivity contribution in [1.29, 1.82) is 0 Å². The zero-order chi connectivity index (χ0) is 19.7. The first-order valence-corrected chi connectivity index (χ1v) is 9.01. The van der Waals surface area contributed by atoms with Crippen molar-refractivity contribution in [2.24, 2.45) is 0 Å². The number of rotatable bonds is 5. The number of benzene rings is 1. The third-order valence-corrected chi connectivity index (χ3v) is 5.04. The molecule has 28 heavy (non-hydrogen) atoms. The molecule has 3 heterocycles. The van der Waals surface area contributed by atoms with E-state index in [0.29, 0.717) is 11.3 Å². The van der Waals surface area contributed by atoms with Crippen LogP contribution in [0.25, 0.3) is 5.65 Å². The Bertz CT molecular complexity index is 1260. The van der Waals surface area contributed by atoms with Crippen molar-refractivity contribution in [3.05, 3.63) is 91.8 Å². The van der Waals surface area contributed by atoms with E-state index in [-0.39, 0.29) is 22.1 Å². The molecule has 0 aliphatic rings. The average molecular weight is 395 g/mol. The van der Waals surface area contributed by atoms with Gasteiger partial charge in [0.05, 0.1) is 16.3 Å². The van der Waals surface area contributed by atoms with Gasteiger partial charge in [-0.1, -0.05) is 29.5 Å². The summed E-state index contributed by atoms with van der Waals surface area (Å²) < 4.78 is 2.80. The molecule has 3 aromatic heterocycles.